The molecule has 4 rings (SSSR count). The van der Waals surface area contributed by atoms with Gasteiger partial charge in [-0.1, -0.05) is 46.4 Å². The van der Waals surface area contributed by atoms with Gasteiger partial charge in [0.25, 0.3) is 5.01 Å². The van der Waals surface area contributed by atoms with Crippen molar-refractivity contribution in [1.82, 2.24) is 9.99 Å². The van der Waals surface area contributed by atoms with E-state index >= 15 is 0 Å². The molecule has 2 heterocycles. The molecule has 2 aromatic carbocycles. The number of fused-ring (bicyclic) bond motifs is 2. The first kappa shape index (κ1) is 16.3. The fourth-order valence-corrected chi connectivity index (χ4v) is 4.86. The van der Waals surface area contributed by atoms with Gasteiger partial charge < -0.3 is 4.57 Å². The number of halogens is 1. The van der Waals surface area contributed by atoms with Crippen LogP contribution in [0.2, 0.25) is 5.02 Å². The van der Waals surface area contributed by atoms with E-state index in [1.54, 1.807) is 22.7 Å². The van der Waals surface area contributed by atoms with E-state index in [1.165, 1.54) is 14.9 Å². The summed E-state index contributed by atoms with van der Waals surface area (Å²) in [7, 11) is 4.07. The molecule has 0 amide bonds. The predicted octanol–water partition coefficient (Wildman–Crippen LogP) is 4.01. The standard InChI is InChI=1S/C18H15ClN4S2/c1-22-14-11-12(19)7-8-16(14)24-17(22)9-10-20-21-18-23(2)13-5-3-4-6-15(13)25-18/h3-11H,1-2H3/p+1/b21-18+. The molecule has 126 valence electrons. The molecule has 0 fully saturated rings. The Kier molecular flexibility index (Phi) is 4.33. The Balaban J connectivity index is 1.60. The molecule has 0 aliphatic carbocycles. The largest absolute Gasteiger partial charge is 0.318 e. The average molecular weight is 388 g/mol. The molecule has 0 saturated carbocycles. The van der Waals surface area contributed by atoms with Crippen LogP contribution in [0.25, 0.3) is 26.5 Å². The molecule has 0 saturated heterocycles. The zero-order valence-electron chi connectivity index (χ0n) is 13.7. The van der Waals surface area contributed by atoms with Gasteiger partial charge in [-0.2, -0.15) is 4.57 Å². The zero-order valence-corrected chi connectivity index (χ0v) is 16.1. The van der Waals surface area contributed by atoms with Crippen molar-refractivity contribution in [1.29, 1.82) is 0 Å². The van der Waals surface area contributed by atoms with E-state index in [1.807, 2.05) is 50.6 Å². The lowest BCUT2D eigenvalue weighted by molar-refractivity contribution is -0.642. The van der Waals surface area contributed by atoms with E-state index < -0.39 is 0 Å². The van der Waals surface area contributed by atoms with Crippen molar-refractivity contribution in [2.45, 2.75) is 0 Å². The van der Waals surface area contributed by atoms with Crippen LogP contribution in [-0.4, -0.2) is 4.57 Å². The smallest absolute Gasteiger partial charge is 0.264 e. The van der Waals surface area contributed by atoms with Crippen LogP contribution in [0, 0.1) is 0 Å². The first-order valence-electron chi connectivity index (χ1n) is 7.72. The summed E-state index contributed by atoms with van der Waals surface area (Å²) < 4.78 is 6.65. The van der Waals surface area contributed by atoms with Crippen LogP contribution in [0.1, 0.15) is 5.01 Å². The molecule has 0 radical (unpaired) electrons. The molecule has 25 heavy (non-hydrogen) atoms. The van der Waals surface area contributed by atoms with Gasteiger partial charge in [0.1, 0.15) is 11.7 Å². The van der Waals surface area contributed by atoms with Crippen molar-refractivity contribution in [2.75, 3.05) is 0 Å². The summed E-state index contributed by atoms with van der Waals surface area (Å²) in [6.45, 7) is 0. The lowest BCUT2D eigenvalue weighted by atomic mass is 10.3. The van der Waals surface area contributed by atoms with E-state index in [4.69, 9.17) is 11.6 Å². The molecule has 0 atom stereocenters. The highest BCUT2D eigenvalue weighted by atomic mass is 35.5. The monoisotopic (exact) mass is 387 g/mol. The normalized spacial score (nSPS) is 12.7. The number of aryl methyl sites for hydroxylation is 2. The van der Waals surface area contributed by atoms with Gasteiger partial charge in [0.2, 0.25) is 10.3 Å². The lowest BCUT2D eigenvalue weighted by Gasteiger charge is -1.93. The van der Waals surface area contributed by atoms with Gasteiger partial charge in [-0.15, -0.1) is 5.10 Å². The van der Waals surface area contributed by atoms with Crippen LogP contribution < -0.4 is 14.8 Å². The van der Waals surface area contributed by atoms with Gasteiger partial charge in [0.05, 0.1) is 10.2 Å². The highest BCUT2D eigenvalue weighted by molar-refractivity contribution is 7.18. The number of nitrogens with zero attached hydrogens (tertiary/aromatic N) is 3. The van der Waals surface area contributed by atoms with Gasteiger partial charge in [-0.05, 0) is 24.3 Å². The summed E-state index contributed by atoms with van der Waals surface area (Å²) in [5.74, 6) is 0. The van der Waals surface area contributed by atoms with Crippen LogP contribution in [0.3, 0.4) is 0 Å². The van der Waals surface area contributed by atoms with E-state index in [0.29, 0.717) is 0 Å². The Morgan fingerprint density at radius 1 is 1.16 bits per heavy atom. The molecule has 0 spiro atoms. The molecule has 0 aliphatic heterocycles. The van der Waals surface area contributed by atoms with Crippen molar-refractivity contribution in [3.63, 3.8) is 0 Å². The number of nitrogens with one attached hydrogen (secondary N) is 1. The Bertz CT molecular complexity index is 1170. The summed E-state index contributed by atoms with van der Waals surface area (Å²) in [6.07, 6.45) is 3.88. The Hall–Kier alpha value is -2.15. The molecular weight excluding hydrogens is 372 g/mol. The predicted molar refractivity (Wildman–Crippen MR) is 107 cm³/mol. The van der Waals surface area contributed by atoms with Crippen molar-refractivity contribution in [3.8, 4) is 0 Å². The highest BCUT2D eigenvalue weighted by Gasteiger charge is 2.14. The average Bonchev–Trinajstić information content (AvgIpc) is 3.10. The number of para-hydroxylation sites is 1. The topological polar surface area (TPSA) is 33.2 Å². The van der Waals surface area contributed by atoms with Crippen molar-refractivity contribution >= 4 is 60.8 Å². The van der Waals surface area contributed by atoms with Crippen LogP contribution in [0.5, 0.6) is 0 Å². The molecule has 4 aromatic rings. The van der Waals surface area contributed by atoms with E-state index in [9.17, 15) is 0 Å². The zero-order chi connectivity index (χ0) is 17.4. The Morgan fingerprint density at radius 3 is 2.84 bits per heavy atom. The summed E-state index contributed by atoms with van der Waals surface area (Å²) in [5.41, 5.74) is 5.35. The molecule has 7 heteroatoms. The van der Waals surface area contributed by atoms with Gasteiger partial charge in [0.15, 0.2) is 0 Å². The second-order valence-corrected chi connectivity index (χ2v) is 8.10. The third kappa shape index (κ3) is 3.08. The van der Waals surface area contributed by atoms with E-state index in [0.717, 1.165) is 20.3 Å². The summed E-state index contributed by atoms with van der Waals surface area (Å²) >= 11 is 9.47. The van der Waals surface area contributed by atoms with Crippen molar-refractivity contribution in [3.05, 3.63) is 63.5 Å². The van der Waals surface area contributed by atoms with Gasteiger partial charge in [-0.3, -0.25) is 5.43 Å². The summed E-state index contributed by atoms with van der Waals surface area (Å²) in [5, 5.41) is 6.35. The van der Waals surface area contributed by atoms with Crippen molar-refractivity contribution in [2.24, 2.45) is 19.2 Å². The van der Waals surface area contributed by atoms with Crippen LogP contribution >= 0.6 is 34.3 Å². The fourth-order valence-electron chi connectivity index (χ4n) is 2.67. The number of thiazole rings is 2. The minimum atomic E-state index is 0.752. The first-order valence-corrected chi connectivity index (χ1v) is 9.73. The third-order valence-corrected chi connectivity index (χ3v) is 6.54. The van der Waals surface area contributed by atoms with Crippen molar-refractivity contribution < 1.29 is 4.57 Å². The van der Waals surface area contributed by atoms with Gasteiger partial charge in [0, 0.05) is 30.4 Å². The number of benzene rings is 2. The fraction of sp³-hybridized carbons (Fsp3) is 0.111. The third-order valence-electron chi connectivity index (χ3n) is 4.00. The second kappa shape index (κ2) is 6.63. The SMILES string of the molecule is Cn1/c(=N\N/C=C/c2sc3ccc(Cl)cc3[n+]2C)sc2ccccc21. The number of hydrogen-bond acceptors (Lipinski definition) is 4. The Morgan fingerprint density at radius 2 is 2.00 bits per heavy atom. The molecule has 2 aromatic heterocycles. The highest BCUT2D eigenvalue weighted by Crippen LogP contribution is 2.23. The van der Waals surface area contributed by atoms with Gasteiger partial charge >= 0.3 is 0 Å². The summed E-state index contributed by atoms with van der Waals surface area (Å²) in [4.78, 5) is 0.929. The molecule has 0 bridgehead atoms. The number of aromatic nitrogens is 2. The molecule has 0 aliphatic rings. The minimum absolute atomic E-state index is 0.752. The van der Waals surface area contributed by atoms with Crippen LogP contribution in [0.4, 0.5) is 0 Å². The molecular formula is C18H16ClN4S2+. The number of rotatable bonds is 3. The maximum atomic E-state index is 6.09. The van der Waals surface area contributed by atoms with Gasteiger partial charge in [-0.25, -0.2) is 0 Å². The Labute approximate surface area is 157 Å². The first-order chi connectivity index (χ1) is 12.1. The minimum Gasteiger partial charge on any atom is -0.318 e. The second-order valence-electron chi connectivity index (χ2n) is 5.60. The summed E-state index contributed by atoms with van der Waals surface area (Å²) in [6, 6.07) is 14.3. The maximum absolute atomic E-state index is 6.09. The lowest BCUT2D eigenvalue weighted by Crippen LogP contribution is -2.29. The van der Waals surface area contributed by atoms with E-state index in [2.05, 4.69) is 37.9 Å². The number of hydrogen-bond donors (Lipinski definition) is 1. The van der Waals surface area contributed by atoms with Crippen LogP contribution in [0.15, 0.2) is 53.8 Å². The van der Waals surface area contributed by atoms with Crippen LogP contribution in [-0.2, 0) is 14.1 Å². The maximum Gasteiger partial charge on any atom is 0.264 e. The molecule has 4 nitrogen and oxygen atoms in total. The molecule has 0 unspecified atom stereocenters. The molecule has 1 N–H and O–H groups in total. The quantitative estimate of drug-likeness (QED) is 0.418. The van der Waals surface area contributed by atoms with E-state index in [-0.39, 0.29) is 0 Å².